The maximum atomic E-state index is 11.8. The molecular formula is C10H11ClN2O3S. The molecule has 7 heteroatoms. The lowest BCUT2D eigenvalue weighted by molar-refractivity contribution is -0.132. The van der Waals surface area contributed by atoms with Gasteiger partial charge in [-0.05, 0) is 26.0 Å². The van der Waals surface area contributed by atoms with Gasteiger partial charge in [-0.15, -0.1) is 0 Å². The minimum absolute atomic E-state index is 0.0643. The highest BCUT2D eigenvalue weighted by Gasteiger charge is 2.59. The van der Waals surface area contributed by atoms with Crippen molar-refractivity contribution in [3.05, 3.63) is 29.0 Å². The number of sulfonamides is 1. The van der Waals surface area contributed by atoms with Crippen LogP contribution in [0.5, 0.6) is 0 Å². The van der Waals surface area contributed by atoms with E-state index in [0.717, 1.165) is 4.31 Å². The molecule has 0 unspecified atom stereocenters. The van der Waals surface area contributed by atoms with E-state index >= 15 is 0 Å². The van der Waals surface area contributed by atoms with Crippen molar-refractivity contribution < 1.29 is 13.2 Å². The lowest BCUT2D eigenvalue weighted by Crippen LogP contribution is -2.66. The van der Waals surface area contributed by atoms with Gasteiger partial charge in [-0.3, -0.25) is 4.79 Å². The minimum atomic E-state index is -3.56. The van der Waals surface area contributed by atoms with Crippen LogP contribution in [0.4, 0.5) is 0 Å². The van der Waals surface area contributed by atoms with Gasteiger partial charge in [0.05, 0.1) is 12.2 Å². The number of carbonyl (C=O) groups is 1. The van der Waals surface area contributed by atoms with Crippen LogP contribution in [0.15, 0.2) is 18.2 Å². The number of aromatic nitrogens is 1. The fourth-order valence-electron chi connectivity index (χ4n) is 1.60. The molecule has 1 aromatic rings. The molecule has 2 rings (SSSR count). The summed E-state index contributed by atoms with van der Waals surface area (Å²) in [5.74, 6) is -0.417. The summed E-state index contributed by atoms with van der Waals surface area (Å²) in [6, 6.07) is 4.87. The van der Waals surface area contributed by atoms with Gasteiger partial charge >= 0.3 is 0 Å². The standard InChI is InChI=1S/C10H11ClN2O3S/c1-10(2)9(14)13(17(10,15)16)6-7-4-3-5-8(11)12-7/h3-5H,6H2,1-2H3. The Labute approximate surface area is 104 Å². The van der Waals surface area contributed by atoms with Crippen LogP contribution in [0, 0.1) is 0 Å². The SMILES string of the molecule is CC1(C)C(=O)N(Cc2cccc(Cl)n2)S1(=O)=O. The number of pyridine rings is 1. The van der Waals surface area contributed by atoms with Crippen molar-refractivity contribution in [2.45, 2.75) is 25.1 Å². The molecule has 2 heterocycles. The molecule has 0 radical (unpaired) electrons. The van der Waals surface area contributed by atoms with Crippen LogP contribution in [0.1, 0.15) is 19.5 Å². The number of amides is 1. The first-order valence-corrected chi connectivity index (χ1v) is 6.77. The van der Waals surface area contributed by atoms with E-state index in [1.54, 1.807) is 18.2 Å². The molecule has 1 fully saturated rings. The first-order chi connectivity index (χ1) is 7.76. The average molecular weight is 275 g/mol. The third-order valence-electron chi connectivity index (χ3n) is 2.75. The van der Waals surface area contributed by atoms with Crippen LogP contribution >= 0.6 is 11.6 Å². The summed E-state index contributed by atoms with van der Waals surface area (Å²) in [7, 11) is -3.56. The van der Waals surface area contributed by atoms with Crippen LogP contribution < -0.4 is 0 Å². The molecule has 1 amide bonds. The van der Waals surface area contributed by atoms with Crippen molar-refractivity contribution in [3.8, 4) is 0 Å². The van der Waals surface area contributed by atoms with Crippen molar-refractivity contribution in [1.82, 2.24) is 9.29 Å². The summed E-state index contributed by atoms with van der Waals surface area (Å²) in [6.45, 7) is 2.73. The molecule has 1 aliphatic rings. The normalized spacial score (nSPS) is 21.1. The van der Waals surface area contributed by atoms with Crippen LogP contribution in [0.3, 0.4) is 0 Å². The van der Waals surface area contributed by atoms with Gasteiger partial charge in [-0.25, -0.2) is 17.7 Å². The second-order valence-electron chi connectivity index (χ2n) is 4.28. The highest BCUT2D eigenvalue weighted by molar-refractivity contribution is 7.94. The van der Waals surface area contributed by atoms with E-state index in [1.165, 1.54) is 13.8 Å². The quantitative estimate of drug-likeness (QED) is 0.760. The minimum Gasteiger partial charge on any atom is -0.272 e. The van der Waals surface area contributed by atoms with E-state index in [-0.39, 0.29) is 11.7 Å². The first kappa shape index (κ1) is 12.3. The monoisotopic (exact) mass is 274 g/mol. The Bertz CT molecular complexity index is 583. The Morgan fingerprint density at radius 2 is 2.06 bits per heavy atom. The molecule has 0 aliphatic carbocycles. The van der Waals surface area contributed by atoms with Gasteiger partial charge in [-0.1, -0.05) is 17.7 Å². The molecule has 0 atom stereocenters. The maximum absolute atomic E-state index is 11.8. The zero-order valence-corrected chi connectivity index (χ0v) is 10.9. The number of hydrogen-bond donors (Lipinski definition) is 0. The Balaban J connectivity index is 2.26. The van der Waals surface area contributed by atoms with Crippen molar-refractivity contribution in [1.29, 1.82) is 0 Å². The van der Waals surface area contributed by atoms with Gasteiger partial charge < -0.3 is 0 Å². The Kier molecular flexibility index (Phi) is 2.67. The van der Waals surface area contributed by atoms with E-state index in [4.69, 9.17) is 11.6 Å². The van der Waals surface area contributed by atoms with Crippen molar-refractivity contribution in [2.75, 3.05) is 0 Å². The van der Waals surface area contributed by atoms with E-state index in [0.29, 0.717) is 5.69 Å². The van der Waals surface area contributed by atoms with Crippen LogP contribution in [-0.4, -0.2) is 28.4 Å². The molecule has 92 valence electrons. The highest BCUT2D eigenvalue weighted by atomic mass is 35.5. The predicted octanol–water partition coefficient (Wildman–Crippen LogP) is 1.19. The lowest BCUT2D eigenvalue weighted by Gasteiger charge is -2.42. The summed E-state index contributed by atoms with van der Waals surface area (Å²) in [6.07, 6.45) is 0. The smallest absolute Gasteiger partial charge is 0.259 e. The lowest BCUT2D eigenvalue weighted by atomic mass is 10.2. The molecule has 0 spiro atoms. The van der Waals surface area contributed by atoms with E-state index in [2.05, 4.69) is 4.98 Å². The van der Waals surface area contributed by atoms with Crippen LogP contribution in [0.2, 0.25) is 5.15 Å². The molecule has 17 heavy (non-hydrogen) atoms. The summed E-state index contributed by atoms with van der Waals surface area (Å²) in [4.78, 5) is 15.6. The molecule has 0 aromatic carbocycles. The molecule has 1 saturated heterocycles. The number of rotatable bonds is 2. The van der Waals surface area contributed by atoms with Gasteiger partial charge in [0.2, 0.25) is 0 Å². The maximum Gasteiger partial charge on any atom is 0.259 e. The van der Waals surface area contributed by atoms with Crippen LogP contribution in [0.25, 0.3) is 0 Å². The molecule has 1 aromatic heterocycles. The molecule has 5 nitrogen and oxygen atoms in total. The summed E-state index contributed by atoms with van der Waals surface area (Å²) >= 11 is 5.69. The van der Waals surface area contributed by atoms with Crippen molar-refractivity contribution >= 4 is 27.5 Å². The fourth-order valence-corrected chi connectivity index (χ4v) is 3.28. The summed E-state index contributed by atoms with van der Waals surface area (Å²) in [5.41, 5.74) is 0.449. The van der Waals surface area contributed by atoms with E-state index in [1.807, 2.05) is 0 Å². The van der Waals surface area contributed by atoms with Gasteiger partial charge in [0.15, 0.2) is 4.75 Å². The Morgan fingerprint density at radius 3 is 2.59 bits per heavy atom. The van der Waals surface area contributed by atoms with Gasteiger partial charge in [-0.2, -0.15) is 0 Å². The third kappa shape index (κ3) is 1.71. The van der Waals surface area contributed by atoms with Gasteiger partial charge in [0.1, 0.15) is 5.15 Å². The summed E-state index contributed by atoms with van der Waals surface area (Å²) in [5, 5.41) is 0.270. The number of carbonyl (C=O) groups excluding carboxylic acids is 1. The molecule has 1 aliphatic heterocycles. The van der Waals surface area contributed by atoms with E-state index in [9.17, 15) is 13.2 Å². The zero-order chi connectivity index (χ0) is 12.8. The van der Waals surface area contributed by atoms with Crippen molar-refractivity contribution in [3.63, 3.8) is 0 Å². The highest BCUT2D eigenvalue weighted by Crippen LogP contribution is 2.35. The van der Waals surface area contributed by atoms with Crippen molar-refractivity contribution in [2.24, 2.45) is 0 Å². The predicted molar refractivity (Wildman–Crippen MR) is 62.8 cm³/mol. The molecular weight excluding hydrogens is 264 g/mol. The number of nitrogens with zero attached hydrogens (tertiary/aromatic N) is 2. The number of hydrogen-bond acceptors (Lipinski definition) is 4. The average Bonchev–Trinajstić information content (AvgIpc) is 2.24. The second-order valence-corrected chi connectivity index (χ2v) is 7.08. The third-order valence-corrected chi connectivity index (χ3v) is 5.31. The zero-order valence-electron chi connectivity index (χ0n) is 9.34. The molecule has 0 N–H and O–H groups in total. The van der Waals surface area contributed by atoms with E-state index < -0.39 is 20.7 Å². The largest absolute Gasteiger partial charge is 0.272 e. The Hall–Kier alpha value is -1.14. The molecule has 0 bridgehead atoms. The first-order valence-electron chi connectivity index (χ1n) is 4.95. The second kappa shape index (κ2) is 3.68. The fraction of sp³-hybridized carbons (Fsp3) is 0.400. The topological polar surface area (TPSA) is 67.3 Å². The number of halogens is 1. The summed E-state index contributed by atoms with van der Waals surface area (Å²) < 4.78 is 23.1. The van der Waals surface area contributed by atoms with Crippen LogP contribution in [-0.2, 0) is 21.4 Å². The Morgan fingerprint density at radius 1 is 1.41 bits per heavy atom. The molecule has 0 saturated carbocycles. The van der Waals surface area contributed by atoms with Gasteiger partial charge in [0, 0.05) is 0 Å². The van der Waals surface area contributed by atoms with Gasteiger partial charge in [0.25, 0.3) is 15.9 Å².